The molecule has 0 amide bonds. The number of hydrogen-bond acceptors (Lipinski definition) is 3. The molecular weight excluding hydrogens is 319 g/mol. The number of nitriles is 1. The van der Waals surface area contributed by atoms with Gasteiger partial charge in [-0.25, -0.2) is 4.72 Å². The summed E-state index contributed by atoms with van der Waals surface area (Å²) in [6.45, 7) is 0.136. The number of benzene rings is 1. The molecule has 0 spiro atoms. The minimum Gasteiger partial charge on any atom is -0.202 e. The number of nitrogens with one attached hydrogen (secondary N) is 1. The Morgan fingerprint density at radius 3 is 2.36 bits per heavy atom. The summed E-state index contributed by atoms with van der Waals surface area (Å²) in [7, 11) is -2.34. The van der Waals surface area contributed by atoms with E-state index in [0.717, 1.165) is 16.4 Å². The maximum absolute atomic E-state index is 12.4. The minimum absolute atomic E-state index is 0.0601. The summed E-state index contributed by atoms with van der Waals surface area (Å²) in [4.78, 5) is 0. The SMILES string of the molecule is CN(CCC#N)S(=O)(=O)NCCc1ccc(C(F)(F)F)cc1. The lowest BCUT2D eigenvalue weighted by atomic mass is 10.1. The smallest absolute Gasteiger partial charge is 0.202 e. The van der Waals surface area contributed by atoms with Crippen molar-refractivity contribution in [1.82, 2.24) is 9.03 Å². The van der Waals surface area contributed by atoms with Crippen LogP contribution in [-0.2, 0) is 22.8 Å². The lowest BCUT2D eigenvalue weighted by Gasteiger charge is -2.16. The number of rotatable bonds is 7. The average Bonchev–Trinajstić information content (AvgIpc) is 2.44. The van der Waals surface area contributed by atoms with Gasteiger partial charge >= 0.3 is 6.18 Å². The van der Waals surface area contributed by atoms with E-state index in [-0.39, 0.29) is 25.9 Å². The quantitative estimate of drug-likeness (QED) is 0.827. The van der Waals surface area contributed by atoms with Gasteiger partial charge in [0, 0.05) is 26.6 Å². The fourth-order valence-corrected chi connectivity index (χ4v) is 2.53. The Bertz CT molecular complexity index is 621. The van der Waals surface area contributed by atoms with Crippen molar-refractivity contribution in [2.45, 2.75) is 19.0 Å². The van der Waals surface area contributed by atoms with Crippen LogP contribution in [0.25, 0.3) is 0 Å². The third kappa shape index (κ3) is 5.63. The van der Waals surface area contributed by atoms with Gasteiger partial charge in [0.1, 0.15) is 0 Å². The van der Waals surface area contributed by atoms with Crippen LogP contribution in [-0.4, -0.2) is 32.9 Å². The topological polar surface area (TPSA) is 73.2 Å². The fourth-order valence-electron chi connectivity index (χ4n) is 1.62. The molecule has 0 bridgehead atoms. The summed E-state index contributed by atoms with van der Waals surface area (Å²) in [6.07, 6.45) is -4.04. The zero-order valence-electron chi connectivity index (χ0n) is 11.9. The fraction of sp³-hybridized carbons (Fsp3) is 0.462. The molecule has 0 radical (unpaired) electrons. The van der Waals surface area contributed by atoms with E-state index in [9.17, 15) is 21.6 Å². The Morgan fingerprint density at radius 2 is 1.86 bits per heavy atom. The van der Waals surface area contributed by atoms with Crippen LogP contribution in [0.4, 0.5) is 13.2 Å². The number of nitrogens with zero attached hydrogens (tertiary/aromatic N) is 2. The molecule has 0 aliphatic carbocycles. The van der Waals surface area contributed by atoms with Crippen LogP contribution < -0.4 is 4.72 Å². The zero-order valence-corrected chi connectivity index (χ0v) is 12.7. The van der Waals surface area contributed by atoms with E-state index in [0.29, 0.717) is 5.56 Å². The molecule has 1 aromatic carbocycles. The van der Waals surface area contributed by atoms with Crippen molar-refractivity contribution in [2.24, 2.45) is 0 Å². The lowest BCUT2D eigenvalue weighted by molar-refractivity contribution is -0.137. The second kappa shape index (κ2) is 7.58. The van der Waals surface area contributed by atoms with Crippen LogP contribution in [0.1, 0.15) is 17.5 Å². The molecule has 0 aliphatic heterocycles. The molecule has 0 saturated heterocycles. The highest BCUT2D eigenvalue weighted by molar-refractivity contribution is 7.87. The number of alkyl halides is 3. The largest absolute Gasteiger partial charge is 0.416 e. The molecule has 122 valence electrons. The molecular formula is C13H16F3N3O2S. The molecule has 0 unspecified atom stereocenters. The van der Waals surface area contributed by atoms with Crippen molar-refractivity contribution in [2.75, 3.05) is 20.1 Å². The highest BCUT2D eigenvalue weighted by Gasteiger charge is 2.29. The molecule has 9 heteroatoms. The van der Waals surface area contributed by atoms with Crippen molar-refractivity contribution in [1.29, 1.82) is 5.26 Å². The van der Waals surface area contributed by atoms with Gasteiger partial charge in [-0.2, -0.15) is 31.2 Å². The summed E-state index contributed by atoms with van der Waals surface area (Å²) in [5, 5.41) is 8.41. The second-order valence-corrected chi connectivity index (χ2v) is 6.44. The molecule has 0 saturated carbocycles. The van der Waals surface area contributed by atoms with Gasteiger partial charge in [0.25, 0.3) is 10.2 Å². The van der Waals surface area contributed by atoms with E-state index in [4.69, 9.17) is 5.26 Å². The molecule has 1 aromatic rings. The van der Waals surface area contributed by atoms with Crippen LogP contribution >= 0.6 is 0 Å². The summed E-state index contributed by atoms with van der Waals surface area (Å²) in [6, 6.07) is 6.40. The van der Waals surface area contributed by atoms with Crippen molar-refractivity contribution >= 4 is 10.2 Å². The van der Waals surface area contributed by atoms with E-state index in [1.165, 1.54) is 19.2 Å². The Balaban J connectivity index is 2.52. The molecule has 1 rings (SSSR count). The first-order valence-corrected chi connectivity index (χ1v) is 7.85. The highest BCUT2D eigenvalue weighted by Crippen LogP contribution is 2.29. The van der Waals surface area contributed by atoms with Crippen LogP contribution in [0.5, 0.6) is 0 Å². The van der Waals surface area contributed by atoms with Crippen molar-refractivity contribution in [3.05, 3.63) is 35.4 Å². The molecule has 0 aliphatic rings. The van der Waals surface area contributed by atoms with Gasteiger partial charge in [0.05, 0.1) is 11.6 Å². The van der Waals surface area contributed by atoms with E-state index in [1.807, 2.05) is 6.07 Å². The van der Waals surface area contributed by atoms with Gasteiger partial charge in [-0.05, 0) is 24.1 Å². The maximum atomic E-state index is 12.4. The summed E-state index contributed by atoms with van der Waals surface area (Å²) < 4.78 is 64.1. The Labute approximate surface area is 127 Å². The van der Waals surface area contributed by atoms with Crippen molar-refractivity contribution in [3.8, 4) is 6.07 Å². The Morgan fingerprint density at radius 1 is 1.27 bits per heavy atom. The van der Waals surface area contributed by atoms with Crippen LogP contribution in [0.2, 0.25) is 0 Å². The molecule has 22 heavy (non-hydrogen) atoms. The average molecular weight is 335 g/mol. The number of hydrogen-bond donors (Lipinski definition) is 1. The third-order valence-electron chi connectivity index (χ3n) is 2.93. The van der Waals surface area contributed by atoms with Gasteiger partial charge in [-0.3, -0.25) is 0 Å². The van der Waals surface area contributed by atoms with Crippen molar-refractivity contribution in [3.63, 3.8) is 0 Å². The van der Waals surface area contributed by atoms with Gasteiger partial charge in [0.15, 0.2) is 0 Å². The molecule has 1 N–H and O–H groups in total. The van der Waals surface area contributed by atoms with Gasteiger partial charge in [-0.15, -0.1) is 0 Å². The Kier molecular flexibility index (Phi) is 6.34. The first kappa shape index (κ1) is 18.4. The molecule has 0 atom stereocenters. The van der Waals surface area contributed by atoms with E-state index < -0.39 is 21.9 Å². The third-order valence-corrected chi connectivity index (χ3v) is 4.50. The lowest BCUT2D eigenvalue weighted by Crippen LogP contribution is -2.39. The van der Waals surface area contributed by atoms with Gasteiger partial charge in [-0.1, -0.05) is 12.1 Å². The maximum Gasteiger partial charge on any atom is 0.416 e. The molecule has 0 fully saturated rings. The van der Waals surface area contributed by atoms with E-state index in [2.05, 4.69) is 4.72 Å². The second-order valence-electron chi connectivity index (χ2n) is 4.57. The van der Waals surface area contributed by atoms with Gasteiger partial charge < -0.3 is 0 Å². The predicted molar refractivity (Wildman–Crippen MR) is 74.9 cm³/mol. The first-order chi connectivity index (χ1) is 10.2. The minimum atomic E-state index is -4.39. The predicted octanol–water partition coefficient (Wildman–Crippen LogP) is 1.93. The summed E-state index contributed by atoms with van der Waals surface area (Å²) in [5.41, 5.74) is -0.150. The van der Waals surface area contributed by atoms with Crippen molar-refractivity contribution < 1.29 is 21.6 Å². The Hall–Kier alpha value is -1.63. The van der Waals surface area contributed by atoms with Crippen LogP contribution in [0.3, 0.4) is 0 Å². The molecule has 0 heterocycles. The summed E-state index contributed by atoms with van der Waals surface area (Å²) >= 11 is 0. The van der Waals surface area contributed by atoms with Crippen LogP contribution in [0.15, 0.2) is 24.3 Å². The highest BCUT2D eigenvalue weighted by atomic mass is 32.2. The monoisotopic (exact) mass is 335 g/mol. The van der Waals surface area contributed by atoms with Gasteiger partial charge in [0.2, 0.25) is 0 Å². The first-order valence-electron chi connectivity index (χ1n) is 6.41. The summed E-state index contributed by atoms with van der Waals surface area (Å²) in [5.74, 6) is 0. The van der Waals surface area contributed by atoms with E-state index >= 15 is 0 Å². The van der Waals surface area contributed by atoms with Crippen LogP contribution in [0, 0.1) is 11.3 Å². The van der Waals surface area contributed by atoms with E-state index in [1.54, 1.807) is 0 Å². The number of halogens is 3. The zero-order chi connectivity index (χ0) is 16.8. The standard InChI is InChI=1S/C13H16F3N3O2S/c1-19(10-2-8-17)22(20,21)18-9-7-11-3-5-12(6-4-11)13(14,15)16/h3-6,18H,2,7,9-10H2,1H3. The molecule has 0 aromatic heterocycles. The normalized spacial score (nSPS) is 12.4. The molecule has 5 nitrogen and oxygen atoms in total.